The molecule has 30 heavy (non-hydrogen) atoms. The van der Waals surface area contributed by atoms with Gasteiger partial charge in [-0.25, -0.2) is 4.79 Å². The number of amides is 2. The summed E-state index contributed by atoms with van der Waals surface area (Å²) >= 11 is 5.81. The summed E-state index contributed by atoms with van der Waals surface area (Å²) < 4.78 is 10.6. The quantitative estimate of drug-likeness (QED) is 0.433. The minimum atomic E-state index is -1.07. The lowest BCUT2D eigenvalue weighted by atomic mass is 10.1. The normalized spacial score (nSPS) is 14.9. The van der Waals surface area contributed by atoms with Gasteiger partial charge in [-0.3, -0.25) is 19.7 Å². The van der Waals surface area contributed by atoms with Crippen molar-refractivity contribution in [3.63, 3.8) is 0 Å². The molecule has 1 heterocycles. The van der Waals surface area contributed by atoms with Crippen LogP contribution in [0.3, 0.4) is 0 Å². The van der Waals surface area contributed by atoms with E-state index >= 15 is 0 Å². The van der Waals surface area contributed by atoms with Gasteiger partial charge in [-0.1, -0.05) is 23.7 Å². The molecular weight excluding hydrogens is 418 g/mol. The van der Waals surface area contributed by atoms with E-state index in [0.29, 0.717) is 11.4 Å². The van der Waals surface area contributed by atoms with Crippen LogP contribution in [-0.2, 0) is 14.3 Å². The molecule has 1 unspecified atom stereocenters. The average Bonchev–Trinajstić information content (AvgIpc) is 2.75. The van der Waals surface area contributed by atoms with Crippen LogP contribution in [0.2, 0.25) is 5.02 Å². The number of nitro benzene ring substituents is 1. The average molecular weight is 434 g/mol. The van der Waals surface area contributed by atoms with Crippen LogP contribution in [0.15, 0.2) is 42.5 Å². The molecule has 0 spiro atoms. The fourth-order valence-corrected chi connectivity index (χ4v) is 3.05. The Bertz CT molecular complexity index is 1030. The van der Waals surface area contributed by atoms with Gasteiger partial charge in [-0.05, 0) is 24.3 Å². The minimum absolute atomic E-state index is 0.0929. The van der Waals surface area contributed by atoms with E-state index in [-0.39, 0.29) is 17.1 Å². The molecule has 2 aromatic rings. The number of esters is 1. The molecule has 11 heteroatoms. The van der Waals surface area contributed by atoms with Gasteiger partial charge in [0.25, 0.3) is 17.5 Å². The Hall–Kier alpha value is -3.66. The highest BCUT2D eigenvalue weighted by Crippen LogP contribution is 2.33. The fraction of sp³-hybridized carbons (Fsp3) is 0.211. The van der Waals surface area contributed by atoms with Crippen molar-refractivity contribution in [2.75, 3.05) is 25.1 Å². The number of nitrogens with one attached hydrogen (secondary N) is 1. The number of carbonyl (C=O) groups excluding carboxylic acids is 3. The lowest BCUT2D eigenvalue weighted by molar-refractivity contribution is -0.385. The summed E-state index contributed by atoms with van der Waals surface area (Å²) in [6, 6.07) is 10.0. The van der Waals surface area contributed by atoms with Crippen molar-refractivity contribution in [1.82, 2.24) is 5.32 Å². The molecule has 156 valence electrons. The van der Waals surface area contributed by atoms with E-state index in [1.54, 1.807) is 24.3 Å². The third-order valence-corrected chi connectivity index (χ3v) is 4.55. The number of nitrogens with zero attached hydrogens (tertiary/aromatic N) is 2. The van der Waals surface area contributed by atoms with Gasteiger partial charge in [0.1, 0.15) is 11.3 Å². The number of anilines is 1. The molecule has 0 saturated heterocycles. The van der Waals surface area contributed by atoms with E-state index in [1.807, 2.05) is 0 Å². The number of rotatable bonds is 5. The summed E-state index contributed by atoms with van der Waals surface area (Å²) in [5.41, 5.74) is -0.452. The molecule has 0 saturated carbocycles. The summed E-state index contributed by atoms with van der Waals surface area (Å²) in [5.74, 6) is -1.80. The van der Waals surface area contributed by atoms with Crippen molar-refractivity contribution in [3.8, 4) is 5.75 Å². The maximum absolute atomic E-state index is 12.7. The maximum atomic E-state index is 12.7. The summed E-state index contributed by atoms with van der Waals surface area (Å²) in [6.07, 6.45) is -0.946. The Morgan fingerprint density at radius 3 is 2.73 bits per heavy atom. The molecule has 0 radical (unpaired) electrons. The van der Waals surface area contributed by atoms with E-state index in [2.05, 4.69) is 5.32 Å². The van der Waals surface area contributed by atoms with E-state index in [4.69, 9.17) is 21.1 Å². The first-order chi connectivity index (χ1) is 14.3. The maximum Gasteiger partial charge on any atom is 0.345 e. The van der Waals surface area contributed by atoms with Crippen molar-refractivity contribution in [1.29, 1.82) is 0 Å². The Kier molecular flexibility index (Phi) is 6.17. The Morgan fingerprint density at radius 2 is 2.03 bits per heavy atom. The van der Waals surface area contributed by atoms with Gasteiger partial charge in [-0.15, -0.1) is 0 Å². The third-order valence-electron chi connectivity index (χ3n) is 4.32. The van der Waals surface area contributed by atoms with Crippen LogP contribution in [0, 0.1) is 10.1 Å². The first-order valence-corrected chi connectivity index (χ1v) is 9.08. The monoisotopic (exact) mass is 433 g/mol. The van der Waals surface area contributed by atoms with Crippen molar-refractivity contribution < 1.29 is 28.8 Å². The molecule has 10 nitrogen and oxygen atoms in total. The molecule has 0 aliphatic carbocycles. The number of benzene rings is 2. The highest BCUT2D eigenvalue weighted by Gasteiger charge is 2.34. The van der Waals surface area contributed by atoms with Gasteiger partial charge < -0.3 is 19.7 Å². The van der Waals surface area contributed by atoms with E-state index in [9.17, 15) is 24.5 Å². The molecule has 1 N–H and O–H groups in total. The molecule has 3 rings (SSSR count). The number of halogens is 1. The van der Waals surface area contributed by atoms with Crippen molar-refractivity contribution >= 4 is 40.8 Å². The Labute approximate surface area is 175 Å². The predicted molar refractivity (Wildman–Crippen MR) is 106 cm³/mol. The highest BCUT2D eigenvalue weighted by atomic mass is 35.5. The number of ether oxygens (including phenoxy) is 2. The zero-order chi connectivity index (χ0) is 21.8. The van der Waals surface area contributed by atoms with Crippen molar-refractivity contribution in [2.24, 2.45) is 0 Å². The van der Waals surface area contributed by atoms with Gasteiger partial charge in [-0.2, -0.15) is 0 Å². The summed E-state index contributed by atoms with van der Waals surface area (Å²) in [6.45, 7) is -0.790. The largest absolute Gasteiger partial charge is 0.477 e. The lowest BCUT2D eigenvalue weighted by Gasteiger charge is -2.33. The van der Waals surface area contributed by atoms with E-state index < -0.39 is 41.1 Å². The van der Waals surface area contributed by atoms with Gasteiger partial charge >= 0.3 is 5.97 Å². The second kappa shape index (κ2) is 8.78. The van der Waals surface area contributed by atoms with Gasteiger partial charge in [0, 0.05) is 18.1 Å². The molecule has 1 atom stereocenters. The molecule has 1 aliphatic heterocycles. The van der Waals surface area contributed by atoms with Crippen LogP contribution < -0.4 is 15.0 Å². The van der Waals surface area contributed by atoms with Crippen LogP contribution in [0.4, 0.5) is 11.4 Å². The Balaban J connectivity index is 1.77. The lowest BCUT2D eigenvalue weighted by Crippen LogP contribution is -2.51. The smallest absolute Gasteiger partial charge is 0.345 e. The van der Waals surface area contributed by atoms with Crippen LogP contribution in [0.5, 0.6) is 5.75 Å². The topological polar surface area (TPSA) is 128 Å². The number of hydrogen-bond donors (Lipinski definition) is 1. The number of likely N-dealkylation sites (N-methyl/N-ethyl adjacent to an activating group) is 1. The van der Waals surface area contributed by atoms with Gasteiger partial charge in [0.15, 0.2) is 12.7 Å². The van der Waals surface area contributed by atoms with Crippen molar-refractivity contribution in [2.45, 2.75) is 6.10 Å². The number of nitro groups is 1. The second-order valence-corrected chi connectivity index (χ2v) is 6.62. The second-order valence-electron chi connectivity index (χ2n) is 6.19. The van der Waals surface area contributed by atoms with Crippen molar-refractivity contribution in [3.05, 3.63) is 63.2 Å². The van der Waals surface area contributed by atoms with Crippen LogP contribution in [0.1, 0.15) is 10.4 Å². The van der Waals surface area contributed by atoms with Crippen LogP contribution in [-0.4, -0.2) is 49.0 Å². The standard InChI is InChI=1S/C19H16ClN3O7/c1-21-18(25)16-9-22(14-4-2-3-5-15(14)30-16)17(24)10-29-19(26)12-8-11(20)6-7-13(12)23(27)28/h2-8,16H,9-10H2,1H3,(H,21,25). The summed E-state index contributed by atoms with van der Waals surface area (Å²) in [5, 5.41) is 13.7. The minimum Gasteiger partial charge on any atom is -0.477 e. The van der Waals surface area contributed by atoms with E-state index in [0.717, 1.165) is 12.1 Å². The zero-order valence-corrected chi connectivity index (χ0v) is 16.4. The van der Waals surface area contributed by atoms with Gasteiger partial charge in [0.05, 0.1) is 17.2 Å². The number of hydrogen-bond acceptors (Lipinski definition) is 7. The summed E-state index contributed by atoms with van der Waals surface area (Å²) in [4.78, 5) is 48.7. The fourth-order valence-electron chi connectivity index (χ4n) is 2.88. The third kappa shape index (κ3) is 4.33. The molecule has 2 aromatic carbocycles. The Morgan fingerprint density at radius 1 is 1.30 bits per heavy atom. The molecule has 1 aliphatic rings. The number of carbonyl (C=O) groups is 3. The first-order valence-electron chi connectivity index (χ1n) is 8.70. The predicted octanol–water partition coefficient (Wildman–Crippen LogP) is 1.95. The molecule has 0 aromatic heterocycles. The molecule has 0 fully saturated rings. The molecule has 2 amide bonds. The zero-order valence-electron chi connectivity index (χ0n) is 15.7. The summed E-state index contributed by atoms with van der Waals surface area (Å²) in [7, 11) is 1.44. The van der Waals surface area contributed by atoms with Crippen LogP contribution >= 0.6 is 11.6 Å². The first kappa shape index (κ1) is 21.1. The SMILES string of the molecule is CNC(=O)C1CN(C(=O)COC(=O)c2cc(Cl)ccc2[N+](=O)[O-])c2ccccc2O1. The highest BCUT2D eigenvalue weighted by molar-refractivity contribution is 6.31. The van der Waals surface area contributed by atoms with Gasteiger partial charge in [0.2, 0.25) is 0 Å². The molecular formula is C19H16ClN3O7. The number of para-hydroxylation sites is 2. The van der Waals surface area contributed by atoms with Crippen LogP contribution in [0.25, 0.3) is 0 Å². The number of fused-ring (bicyclic) bond motifs is 1. The van der Waals surface area contributed by atoms with E-state index in [1.165, 1.54) is 18.0 Å². The molecule has 0 bridgehead atoms.